The van der Waals surface area contributed by atoms with E-state index in [1.165, 1.54) is 10.8 Å². The largest absolute Gasteiger partial charge is 0.333 e. The third kappa shape index (κ3) is 3.05. The molecule has 2 nitrogen and oxygen atoms in total. The molecule has 0 aliphatic carbocycles. The van der Waals surface area contributed by atoms with Crippen molar-refractivity contribution in [2.45, 2.75) is 10.9 Å². The number of halogens is 2. The van der Waals surface area contributed by atoms with Crippen LogP contribution >= 0.6 is 35.0 Å². The maximum absolute atomic E-state index is 6.22. The van der Waals surface area contributed by atoms with Crippen molar-refractivity contribution in [3.8, 4) is 0 Å². The van der Waals surface area contributed by atoms with Crippen molar-refractivity contribution in [3.63, 3.8) is 0 Å². The van der Waals surface area contributed by atoms with Crippen LogP contribution in [0.25, 0.3) is 21.8 Å². The maximum atomic E-state index is 6.22. The molecule has 0 saturated carbocycles. The first-order chi connectivity index (χ1) is 11.2. The Kier molecular flexibility index (Phi) is 3.93. The Labute approximate surface area is 147 Å². The minimum Gasteiger partial charge on any atom is -0.333 e. The van der Waals surface area contributed by atoms with Gasteiger partial charge in [0.1, 0.15) is 0 Å². The molecular formula is C18H12Cl2N2S. The second kappa shape index (κ2) is 6.08. The summed E-state index contributed by atoms with van der Waals surface area (Å²) in [5.41, 5.74) is 3.08. The molecule has 0 amide bonds. The number of hydrogen-bond donors (Lipinski definition) is 1. The highest BCUT2D eigenvalue weighted by molar-refractivity contribution is 7.98. The predicted molar refractivity (Wildman–Crippen MR) is 99.6 cm³/mol. The lowest BCUT2D eigenvalue weighted by molar-refractivity contribution is 1.08. The molecule has 0 bridgehead atoms. The number of nitrogens with zero attached hydrogens (tertiary/aromatic N) is 1. The smallest absolute Gasteiger partial charge is 0.166 e. The van der Waals surface area contributed by atoms with Crippen LogP contribution in [0.1, 0.15) is 5.56 Å². The molecule has 1 aromatic heterocycles. The van der Waals surface area contributed by atoms with E-state index in [-0.39, 0.29) is 0 Å². The molecule has 23 heavy (non-hydrogen) atoms. The number of hydrogen-bond acceptors (Lipinski definition) is 2. The number of benzene rings is 3. The Bertz CT molecular complexity index is 958. The Morgan fingerprint density at radius 1 is 0.957 bits per heavy atom. The van der Waals surface area contributed by atoms with Gasteiger partial charge >= 0.3 is 0 Å². The normalized spacial score (nSPS) is 11.4. The van der Waals surface area contributed by atoms with Crippen molar-refractivity contribution in [1.82, 2.24) is 9.97 Å². The molecular weight excluding hydrogens is 347 g/mol. The summed E-state index contributed by atoms with van der Waals surface area (Å²) in [6.45, 7) is 0. The van der Waals surface area contributed by atoms with Crippen molar-refractivity contribution in [2.75, 3.05) is 0 Å². The van der Waals surface area contributed by atoms with Crippen LogP contribution in [0.4, 0.5) is 0 Å². The van der Waals surface area contributed by atoms with Gasteiger partial charge in [-0.2, -0.15) is 0 Å². The minimum absolute atomic E-state index is 0.652. The Balaban J connectivity index is 1.62. The highest BCUT2D eigenvalue weighted by atomic mass is 35.5. The molecule has 0 aliphatic rings. The molecule has 0 atom stereocenters. The number of nitrogens with one attached hydrogen (secondary N) is 1. The molecule has 1 N–H and O–H groups in total. The van der Waals surface area contributed by atoms with E-state index in [1.54, 1.807) is 17.8 Å². The molecule has 3 aromatic carbocycles. The fraction of sp³-hybridized carbons (Fsp3) is 0.0556. The number of rotatable bonds is 3. The highest BCUT2D eigenvalue weighted by Crippen LogP contribution is 2.29. The second-order valence-electron chi connectivity index (χ2n) is 5.28. The summed E-state index contributed by atoms with van der Waals surface area (Å²) >= 11 is 13.8. The van der Waals surface area contributed by atoms with Gasteiger partial charge in [0.05, 0.1) is 11.0 Å². The van der Waals surface area contributed by atoms with Crippen molar-refractivity contribution in [2.24, 2.45) is 0 Å². The second-order valence-corrected chi connectivity index (χ2v) is 7.09. The number of thioether (sulfide) groups is 1. The minimum atomic E-state index is 0.652. The van der Waals surface area contributed by atoms with Crippen LogP contribution in [0.5, 0.6) is 0 Å². The number of imidazole rings is 1. The van der Waals surface area contributed by atoms with Crippen LogP contribution in [-0.2, 0) is 5.75 Å². The molecule has 1 heterocycles. The molecule has 5 heteroatoms. The summed E-state index contributed by atoms with van der Waals surface area (Å²) in [5, 5.41) is 4.64. The summed E-state index contributed by atoms with van der Waals surface area (Å²) in [4.78, 5) is 8.03. The van der Waals surface area contributed by atoms with Gasteiger partial charge in [0.2, 0.25) is 0 Å². The molecule has 0 saturated heterocycles. The molecule has 0 unspecified atom stereocenters. The predicted octanol–water partition coefficient (Wildman–Crippen LogP) is 6.32. The van der Waals surface area contributed by atoms with E-state index in [1.807, 2.05) is 24.3 Å². The first kappa shape index (κ1) is 14.9. The lowest BCUT2D eigenvalue weighted by atomic mass is 10.1. The summed E-state index contributed by atoms with van der Waals surface area (Å²) in [5.74, 6) is 0.745. The molecule has 4 aromatic rings. The standard InChI is InChI=1S/C18H12Cl2N2S/c19-14-6-5-13(15(20)9-14)10-23-18-21-16-7-11-3-1-2-4-12(11)8-17(16)22-18/h1-9H,10H2,(H,21,22). The molecule has 4 rings (SSSR count). The van der Waals surface area contributed by atoms with Gasteiger partial charge in [-0.1, -0.05) is 65.3 Å². The molecule has 0 aliphatic heterocycles. The van der Waals surface area contributed by atoms with Crippen LogP contribution < -0.4 is 0 Å². The molecule has 114 valence electrons. The Hall–Kier alpha value is -1.68. The zero-order valence-electron chi connectivity index (χ0n) is 12.0. The Morgan fingerprint density at radius 3 is 2.52 bits per heavy atom. The summed E-state index contributed by atoms with van der Waals surface area (Å²) in [6.07, 6.45) is 0. The monoisotopic (exact) mass is 358 g/mol. The fourth-order valence-electron chi connectivity index (χ4n) is 2.53. The van der Waals surface area contributed by atoms with Crippen molar-refractivity contribution < 1.29 is 0 Å². The lowest BCUT2D eigenvalue weighted by Gasteiger charge is -2.02. The fourth-order valence-corrected chi connectivity index (χ4v) is 3.97. The zero-order valence-corrected chi connectivity index (χ0v) is 14.3. The quantitative estimate of drug-likeness (QED) is 0.434. The first-order valence-electron chi connectivity index (χ1n) is 7.14. The van der Waals surface area contributed by atoms with E-state index in [2.05, 4.69) is 34.2 Å². The van der Waals surface area contributed by atoms with E-state index in [9.17, 15) is 0 Å². The zero-order chi connectivity index (χ0) is 15.8. The van der Waals surface area contributed by atoms with Gasteiger partial charge in [0.15, 0.2) is 5.16 Å². The van der Waals surface area contributed by atoms with Gasteiger partial charge in [0, 0.05) is 15.8 Å². The van der Waals surface area contributed by atoms with Crippen molar-refractivity contribution in [3.05, 3.63) is 70.2 Å². The van der Waals surface area contributed by atoms with Crippen molar-refractivity contribution >= 4 is 56.8 Å². The molecule has 0 radical (unpaired) electrons. The average molecular weight is 359 g/mol. The van der Waals surface area contributed by atoms with Gasteiger partial charge in [0.25, 0.3) is 0 Å². The number of H-pyrrole nitrogens is 1. The topological polar surface area (TPSA) is 28.7 Å². The number of aromatic amines is 1. The Morgan fingerprint density at radius 2 is 1.74 bits per heavy atom. The SMILES string of the molecule is Clc1ccc(CSc2nc3cc4ccccc4cc3[nH]2)c(Cl)c1. The summed E-state index contributed by atoms with van der Waals surface area (Å²) in [7, 11) is 0. The van der Waals surface area contributed by atoms with Gasteiger partial charge < -0.3 is 4.98 Å². The third-order valence-electron chi connectivity index (χ3n) is 3.71. The first-order valence-corrected chi connectivity index (χ1v) is 8.88. The van der Waals surface area contributed by atoms with Crippen molar-refractivity contribution in [1.29, 1.82) is 0 Å². The maximum Gasteiger partial charge on any atom is 0.166 e. The number of aromatic nitrogens is 2. The molecule has 0 spiro atoms. The number of fused-ring (bicyclic) bond motifs is 2. The van der Waals surface area contributed by atoms with Gasteiger partial charge in [-0.25, -0.2) is 4.98 Å². The lowest BCUT2D eigenvalue weighted by Crippen LogP contribution is -1.83. The highest BCUT2D eigenvalue weighted by Gasteiger charge is 2.07. The van der Waals surface area contributed by atoms with E-state index >= 15 is 0 Å². The van der Waals surface area contributed by atoms with Crippen LogP contribution in [0, 0.1) is 0 Å². The van der Waals surface area contributed by atoms with Gasteiger partial charge in [-0.15, -0.1) is 0 Å². The molecule has 0 fully saturated rings. The summed E-state index contributed by atoms with van der Waals surface area (Å²) < 4.78 is 0. The van der Waals surface area contributed by atoms with E-state index in [0.29, 0.717) is 10.0 Å². The van der Waals surface area contributed by atoms with E-state index < -0.39 is 0 Å². The average Bonchev–Trinajstić information content (AvgIpc) is 2.93. The third-order valence-corrected chi connectivity index (χ3v) is 5.22. The van der Waals surface area contributed by atoms with Gasteiger partial charge in [-0.05, 0) is 40.6 Å². The van der Waals surface area contributed by atoms with Crippen LogP contribution in [0.15, 0.2) is 59.8 Å². The van der Waals surface area contributed by atoms with Crippen LogP contribution in [-0.4, -0.2) is 9.97 Å². The van der Waals surface area contributed by atoms with Crippen LogP contribution in [0.2, 0.25) is 10.0 Å². The summed E-state index contributed by atoms with van der Waals surface area (Å²) in [6, 6.07) is 18.1. The van der Waals surface area contributed by atoms with E-state index in [4.69, 9.17) is 23.2 Å². The van der Waals surface area contributed by atoms with Crippen LogP contribution in [0.3, 0.4) is 0 Å². The van der Waals surface area contributed by atoms with Gasteiger partial charge in [-0.3, -0.25) is 0 Å². The van der Waals surface area contributed by atoms with E-state index in [0.717, 1.165) is 27.5 Å².